The Morgan fingerprint density at radius 2 is 1.68 bits per heavy atom. The van der Waals surface area contributed by atoms with Crippen LogP contribution < -0.4 is 10.6 Å². The molecule has 1 fully saturated rings. The fourth-order valence-corrected chi connectivity index (χ4v) is 4.57. The highest BCUT2D eigenvalue weighted by Crippen LogP contribution is 2.24. The molecule has 1 heterocycles. The van der Waals surface area contributed by atoms with E-state index < -0.39 is 0 Å². The van der Waals surface area contributed by atoms with E-state index in [0.29, 0.717) is 5.56 Å². The minimum Gasteiger partial charge on any atom is -0.379 e. The van der Waals surface area contributed by atoms with Crippen molar-refractivity contribution < 1.29 is 14.3 Å². The van der Waals surface area contributed by atoms with Crippen LogP contribution in [0.15, 0.2) is 77.7 Å². The molecule has 0 bridgehead atoms. The number of hydrogen-bond donors (Lipinski definition) is 2. The average molecular weight is 476 g/mol. The van der Waals surface area contributed by atoms with Crippen LogP contribution in [0.5, 0.6) is 0 Å². The molecule has 2 amide bonds. The summed E-state index contributed by atoms with van der Waals surface area (Å²) in [5, 5.41) is 5.91. The fraction of sp³-hybridized carbons (Fsp3) is 0.259. The Kier molecular flexibility index (Phi) is 8.36. The van der Waals surface area contributed by atoms with Gasteiger partial charge in [-0.05, 0) is 48.9 Å². The van der Waals surface area contributed by atoms with Gasteiger partial charge < -0.3 is 15.4 Å². The monoisotopic (exact) mass is 475 g/mol. The minimum atomic E-state index is -0.189. The van der Waals surface area contributed by atoms with Gasteiger partial charge in [-0.2, -0.15) is 0 Å². The molecule has 7 heteroatoms. The second kappa shape index (κ2) is 11.8. The lowest BCUT2D eigenvalue weighted by atomic mass is 10.1. The average Bonchev–Trinajstić information content (AvgIpc) is 2.85. The second-order valence-corrected chi connectivity index (χ2v) is 9.26. The van der Waals surface area contributed by atoms with Crippen molar-refractivity contribution in [1.29, 1.82) is 0 Å². The zero-order chi connectivity index (χ0) is 23.8. The van der Waals surface area contributed by atoms with Crippen molar-refractivity contribution in [1.82, 2.24) is 4.90 Å². The van der Waals surface area contributed by atoms with Crippen molar-refractivity contribution in [2.45, 2.75) is 18.4 Å². The van der Waals surface area contributed by atoms with Crippen LogP contribution in [0.2, 0.25) is 0 Å². The minimum absolute atomic E-state index is 0.111. The van der Waals surface area contributed by atoms with Crippen molar-refractivity contribution in [3.63, 3.8) is 0 Å². The number of nitrogens with one attached hydrogen (secondary N) is 2. The maximum Gasteiger partial charge on any atom is 0.256 e. The smallest absolute Gasteiger partial charge is 0.256 e. The van der Waals surface area contributed by atoms with Gasteiger partial charge in [0, 0.05) is 35.9 Å². The molecule has 0 saturated carbocycles. The highest BCUT2D eigenvalue weighted by atomic mass is 32.2. The van der Waals surface area contributed by atoms with E-state index in [1.54, 1.807) is 6.07 Å². The van der Waals surface area contributed by atoms with Gasteiger partial charge in [-0.3, -0.25) is 14.5 Å². The number of morpholine rings is 1. The third-order valence-electron chi connectivity index (χ3n) is 5.52. The Morgan fingerprint density at radius 1 is 0.912 bits per heavy atom. The zero-order valence-corrected chi connectivity index (χ0v) is 20.1. The van der Waals surface area contributed by atoms with Crippen LogP contribution in [0, 0.1) is 6.92 Å². The molecule has 0 aliphatic carbocycles. The number of ether oxygens (including phenoxy) is 1. The first kappa shape index (κ1) is 24.0. The third kappa shape index (κ3) is 6.93. The lowest BCUT2D eigenvalue weighted by Crippen LogP contribution is -2.35. The van der Waals surface area contributed by atoms with E-state index in [1.807, 2.05) is 67.6 Å². The van der Waals surface area contributed by atoms with Crippen LogP contribution in [-0.2, 0) is 16.1 Å². The number of hydrogen-bond acceptors (Lipinski definition) is 5. The van der Waals surface area contributed by atoms with E-state index in [4.69, 9.17) is 4.74 Å². The van der Waals surface area contributed by atoms with Gasteiger partial charge >= 0.3 is 0 Å². The molecular formula is C27H29N3O3S. The van der Waals surface area contributed by atoms with Crippen LogP contribution in [0.3, 0.4) is 0 Å². The Hall–Kier alpha value is -3.13. The number of carbonyl (C=O) groups excluding carboxylic acids is 2. The Bertz CT molecular complexity index is 1130. The van der Waals surface area contributed by atoms with Gasteiger partial charge in [0.25, 0.3) is 5.91 Å². The number of rotatable bonds is 8. The lowest BCUT2D eigenvalue weighted by molar-refractivity contribution is -0.113. The summed E-state index contributed by atoms with van der Waals surface area (Å²) in [4.78, 5) is 28.6. The predicted octanol–water partition coefficient (Wildman–Crippen LogP) is 4.81. The summed E-state index contributed by atoms with van der Waals surface area (Å²) in [6.45, 7) is 6.18. The second-order valence-electron chi connectivity index (χ2n) is 8.24. The zero-order valence-electron chi connectivity index (χ0n) is 19.3. The van der Waals surface area contributed by atoms with E-state index in [9.17, 15) is 9.59 Å². The molecule has 3 aromatic carbocycles. The number of thioether (sulfide) groups is 1. The van der Waals surface area contributed by atoms with Crippen molar-refractivity contribution in [2.24, 2.45) is 0 Å². The number of anilines is 2. The molecule has 1 aliphatic heterocycles. The molecule has 0 aromatic heterocycles. The molecule has 34 heavy (non-hydrogen) atoms. The van der Waals surface area contributed by atoms with E-state index in [2.05, 4.69) is 21.6 Å². The predicted molar refractivity (Wildman–Crippen MR) is 137 cm³/mol. The normalized spacial score (nSPS) is 13.9. The number of nitrogens with zero attached hydrogens (tertiary/aromatic N) is 1. The molecule has 176 valence electrons. The van der Waals surface area contributed by atoms with Crippen LogP contribution in [0.25, 0.3) is 0 Å². The first-order chi connectivity index (χ1) is 16.6. The third-order valence-corrected chi connectivity index (χ3v) is 6.59. The number of carbonyl (C=O) groups is 2. The Balaban J connectivity index is 1.36. The SMILES string of the molecule is Cc1ccc(NC(=O)CSc2ccccc2C(=O)Nc2cccc(CN3CCOCC3)c2)cc1. The van der Waals surface area contributed by atoms with Crippen LogP contribution in [0.4, 0.5) is 11.4 Å². The maximum atomic E-state index is 13.1. The van der Waals surface area contributed by atoms with Crippen molar-refractivity contribution in [3.8, 4) is 0 Å². The van der Waals surface area contributed by atoms with Gasteiger partial charge in [0.05, 0.1) is 24.5 Å². The standard InChI is InChI=1S/C27H29N3O3S/c1-20-9-11-22(12-10-20)28-26(31)19-34-25-8-3-2-7-24(25)27(32)29-23-6-4-5-21(17-23)18-30-13-15-33-16-14-30/h2-12,17H,13-16,18-19H2,1H3,(H,28,31)(H,29,32). The molecule has 2 N–H and O–H groups in total. The molecule has 0 atom stereocenters. The molecule has 0 spiro atoms. The van der Waals surface area contributed by atoms with Gasteiger partial charge in [-0.25, -0.2) is 0 Å². The van der Waals surface area contributed by atoms with Crippen LogP contribution in [-0.4, -0.2) is 48.8 Å². The molecular weight excluding hydrogens is 446 g/mol. The first-order valence-electron chi connectivity index (χ1n) is 11.4. The summed E-state index contributed by atoms with van der Waals surface area (Å²) in [6, 6.07) is 23.0. The van der Waals surface area contributed by atoms with Crippen molar-refractivity contribution >= 4 is 35.0 Å². The largest absolute Gasteiger partial charge is 0.379 e. The summed E-state index contributed by atoms with van der Waals surface area (Å²) in [7, 11) is 0. The molecule has 3 aromatic rings. The van der Waals surface area contributed by atoms with Gasteiger partial charge in [0.2, 0.25) is 5.91 Å². The van der Waals surface area contributed by atoms with Gasteiger partial charge in [0.1, 0.15) is 0 Å². The van der Waals surface area contributed by atoms with Gasteiger partial charge in [-0.1, -0.05) is 42.0 Å². The Labute approximate surface area is 204 Å². The summed E-state index contributed by atoms with van der Waals surface area (Å²) in [6.07, 6.45) is 0. The van der Waals surface area contributed by atoms with E-state index in [-0.39, 0.29) is 17.6 Å². The number of aryl methyl sites for hydroxylation is 1. The topological polar surface area (TPSA) is 70.7 Å². The van der Waals surface area contributed by atoms with Crippen molar-refractivity contribution in [2.75, 3.05) is 42.7 Å². The summed E-state index contributed by atoms with van der Waals surface area (Å²) >= 11 is 1.35. The summed E-state index contributed by atoms with van der Waals surface area (Å²) in [5.41, 5.74) is 4.36. The number of amides is 2. The van der Waals surface area contributed by atoms with Crippen LogP contribution in [0.1, 0.15) is 21.5 Å². The fourth-order valence-electron chi connectivity index (χ4n) is 3.72. The Morgan fingerprint density at radius 3 is 2.47 bits per heavy atom. The molecule has 4 rings (SSSR count). The molecule has 0 unspecified atom stereocenters. The summed E-state index contributed by atoms with van der Waals surface area (Å²) in [5.74, 6) is -0.0850. The molecule has 1 aliphatic rings. The highest BCUT2D eigenvalue weighted by molar-refractivity contribution is 8.00. The van der Waals surface area contributed by atoms with E-state index in [1.165, 1.54) is 11.8 Å². The van der Waals surface area contributed by atoms with E-state index >= 15 is 0 Å². The van der Waals surface area contributed by atoms with Gasteiger partial charge in [-0.15, -0.1) is 11.8 Å². The summed E-state index contributed by atoms with van der Waals surface area (Å²) < 4.78 is 5.42. The van der Waals surface area contributed by atoms with Gasteiger partial charge in [0.15, 0.2) is 0 Å². The first-order valence-corrected chi connectivity index (χ1v) is 12.3. The maximum absolute atomic E-state index is 13.1. The number of benzene rings is 3. The quantitative estimate of drug-likeness (QED) is 0.458. The molecule has 1 saturated heterocycles. The lowest BCUT2D eigenvalue weighted by Gasteiger charge is -2.26. The molecule has 6 nitrogen and oxygen atoms in total. The highest BCUT2D eigenvalue weighted by Gasteiger charge is 2.15. The van der Waals surface area contributed by atoms with Crippen LogP contribution >= 0.6 is 11.8 Å². The molecule has 0 radical (unpaired) electrons. The van der Waals surface area contributed by atoms with E-state index in [0.717, 1.165) is 60.2 Å². The van der Waals surface area contributed by atoms with Crippen molar-refractivity contribution in [3.05, 3.63) is 89.5 Å².